The van der Waals surface area contributed by atoms with E-state index in [9.17, 15) is 18.0 Å². The van der Waals surface area contributed by atoms with E-state index in [1.165, 1.54) is 11.4 Å². The highest BCUT2D eigenvalue weighted by molar-refractivity contribution is 7.98. The summed E-state index contributed by atoms with van der Waals surface area (Å²) in [6, 6.07) is 13.2. The summed E-state index contributed by atoms with van der Waals surface area (Å²) in [7, 11) is -2.22. The molecule has 0 aromatic heterocycles. The van der Waals surface area contributed by atoms with E-state index in [1.54, 1.807) is 77.0 Å². The van der Waals surface area contributed by atoms with Crippen molar-refractivity contribution in [1.29, 1.82) is 0 Å². The zero-order chi connectivity index (χ0) is 23.3. The van der Waals surface area contributed by atoms with Gasteiger partial charge in [0.2, 0.25) is 0 Å². The van der Waals surface area contributed by atoms with Gasteiger partial charge in [0.15, 0.2) is 0 Å². The lowest BCUT2D eigenvalue weighted by Crippen LogP contribution is -2.50. The van der Waals surface area contributed by atoms with E-state index in [-0.39, 0.29) is 16.9 Å². The standard InChI is InChI=1S/C22H27N3O5S2/c1-4-30-22(27)25-15-13-24(14-16-25)21(26)17-5-7-18(8-6-17)23(2)32(28,29)20-11-9-19(31-3)10-12-20/h5-12H,4,13-16H2,1-3H3. The highest BCUT2D eigenvalue weighted by atomic mass is 32.2. The average Bonchev–Trinajstić information content (AvgIpc) is 2.83. The summed E-state index contributed by atoms with van der Waals surface area (Å²) < 4.78 is 32.1. The highest BCUT2D eigenvalue weighted by Gasteiger charge is 2.26. The third-order valence-electron chi connectivity index (χ3n) is 5.29. The Balaban J connectivity index is 1.66. The molecule has 2 amide bonds. The Labute approximate surface area is 193 Å². The Hall–Kier alpha value is -2.72. The van der Waals surface area contributed by atoms with Crippen LogP contribution in [0.4, 0.5) is 10.5 Å². The number of rotatable bonds is 6. The predicted octanol–water partition coefficient (Wildman–Crippen LogP) is 3.15. The van der Waals surface area contributed by atoms with Crippen LogP contribution in [-0.4, -0.2) is 76.3 Å². The summed E-state index contributed by atoms with van der Waals surface area (Å²) in [5.74, 6) is -0.154. The van der Waals surface area contributed by atoms with Gasteiger partial charge in [-0.25, -0.2) is 13.2 Å². The maximum atomic E-state index is 12.9. The molecule has 8 nitrogen and oxygen atoms in total. The van der Waals surface area contributed by atoms with E-state index in [2.05, 4.69) is 0 Å². The number of sulfonamides is 1. The quantitative estimate of drug-likeness (QED) is 0.594. The first-order chi connectivity index (χ1) is 15.3. The Morgan fingerprint density at radius 2 is 1.53 bits per heavy atom. The van der Waals surface area contributed by atoms with Crippen molar-refractivity contribution < 1.29 is 22.7 Å². The number of nitrogens with zero attached hydrogens (tertiary/aromatic N) is 3. The lowest BCUT2D eigenvalue weighted by molar-refractivity contribution is 0.0570. The first-order valence-corrected chi connectivity index (χ1v) is 12.9. The minimum absolute atomic E-state index is 0.154. The van der Waals surface area contributed by atoms with Crippen molar-refractivity contribution in [2.75, 3.05) is 50.4 Å². The fourth-order valence-electron chi connectivity index (χ4n) is 3.35. The monoisotopic (exact) mass is 477 g/mol. The van der Waals surface area contributed by atoms with Crippen LogP contribution in [0.2, 0.25) is 0 Å². The Kier molecular flexibility index (Phi) is 7.68. The minimum atomic E-state index is -3.71. The third kappa shape index (κ3) is 5.18. The molecule has 0 spiro atoms. The molecule has 0 bridgehead atoms. The van der Waals surface area contributed by atoms with Crippen molar-refractivity contribution in [3.05, 3.63) is 54.1 Å². The average molecular weight is 478 g/mol. The summed E-state index contributed by atoms with van der Waals surface area (Å²) in [5.41, 5.74) is 0.927. The minimum Gasteiger partial charge on any atom is -0.450 e. The number of amides is 2. The van der Waals surface area contributed by atoms with E-state index in [0.717, 1.165) is 4.90 Å². The molecule has 1 aliphatic heterocycles. The van der Waals surface area contributed by atoms with E-state index >= 15 is 0 Å². The molecule has 1 heterocycles. The van der Waals surface area contributed by atoms with Crippen molar-refractivity contribution >= 4 is 39.5 Å². The van der Waals surface area contributed by atoms with E-state index in [0.29, 0.717) is 44.0 Å². The molecule has 0 atom stereocenters. The molecule has 0 radical (unpaired) electrons. The maximum absolute atomic E-state index is 12.9. The number of hydrogen-bond acceptors (Lipinski definition) is 6. The first-order valence-electron chi connectivity index (χ1n) is 10.2. The van der Waals surface area contributed by atoms with Gasteiger partial charge in [-0.15, -0.1) is 11.8 Å². The molecule has 32 heavy (non-hydrogen) atoms. The van der Waals surface area contributed by atoms with Gasteiger partial charge in [0.1, 0.15) is 0 Å². The summed E-state index contributed by atoms with van der Waals surface area (Å²) in [6.07, 6.45) is 1.56. The largest absolute Gasteiger partial charge is 0.450 e. The van der Waals surface area contributed by atoms with Crippen LogP contribution >= 0.6 is 11.8 Å². The van der Waals surface area contributed by atoms with Gasteiger partial charge >= 0.3 is 6.09 Å². The fourth-order valence-corrected chi connectivity index (χ4v) is 4.95. The van der Waals surface area contributed by atoms with Crippen molar-refractivity contribution in [3.8, 4) is 0 Å². The number of benzene rings is 2. The molecular formula is C22H27N3O5S2. The fraction of sp³-hybridized carbons (Fsp3) is 0.364. The van der Waals surface area contributed by atoms with Gasteiger partial charge in [0.25, 0.3) is 15.9 Å². The van der Waals surface area contributed by atoms with E-state index in [4.69, 9.17) is 4.74 Å². The van der Waals surface area contributed by atoms with Gasteiger partial charge in [0.05, 0.1) is 17.2 Å². The van der Waals surface area contributed by atoms with Gasteiger partial charge in [-0.2, -0.15) is 0 Å². The SMILES string of the molecule is CCOC(=O)N1CCN(C(=O)c2ccc(N(C)S(=O)(=O)c3ccc(SC)cc3)cc2)CC1. The highest BCUT2D eigenvalue weighted by Crippen LogP contribution is 2.25. The van der Waals surface area contributed by atoms with Crippen LogP contribution in [0, 0.1) is 0 Å². The molecule has 2 aromatic carbocycles. The van der Waals surface area contributed by atoms with Crippen molar-refractivity contribution in [2.45, 2.75) is 16.7 Å². The second-order valence-corrected chi connectivity index (χ2v) is 10.0. The van der Waals surface area contributed by atoms with E-state index < -0.39 is 10.0 Å². The van der Waals surface area contributed by atoms with Crippen LogP contribution in [0.3, 0.4) is 0 Å². The second-order valence-electron chi connectivity index (χ2n) is 7.17. The van der Waals surface area contributed by atoms with Gasteiger partial charge in [-0.3, -0.25) is 9.10 Å². The van der Waals surface area contributed by atoms with Crippen LogP contribution in [0.5, 0.6) is 0 Å². The van der Waals surface area contributed by atoms with Crippen LogP contribution in [-0.2, 0) is 14.8 Å². The van der Waals surface area contributed by atoms with Crippen LogP contribution in [0.1, 0.15) is 17.3 Å². The van der Waals surface area contributed by atoms with Crippen LogP contribution in [0.25, 0.3) is 0 Å². The lowest BCUT2D eigenvalue weighted by Gasteiger charge is -2.34. The molecule has 0 unspecified atom stereocenters. The molecule has 2 aromatic rings. The van der Waals surface area contributed by atoms with Crippen LogP contribution in [0.15, 0.2) is 58.3 Å². The van der Waals surface area contributed by atoms with E-state index in [1.807, 2.05) is 6.26 Å². The number of carbonyl (C=O) groups excluding carboxylic acids is 2. The molecule has 0 aliphatic carbocycles. The second kappa shape index (κ2) is 10.3. The van der Waals surface area contributed by atoms with Gasteiger partial charge in [-0.1, -0.05) is 0 Å². The van der Waals surface area contributed by atoms with Crippen molar-refractivity contribution in [1.82, 2.24) is 9.80 Å². The number of hydrogen-bond donors (Lipinski definition) is 0. The molecule has 172 valence electrons. The zero-order valence-corrected chi connectivity index (χ0v) is 20.0. The summed E-state index contributed by atoms with van der Waals surface area (Å²) >= 11 is 1.54. The number of piperazine rings is 1. The Bertz CT molecular complexity index is 1050. The molecule has 3 rings (SSSR count). The predicted molar refractivity (Wildman–Crippen MR) is 125 cm³/mol. The number of anilines is 1. The van der Waals surface area contributed by atoms with Crippen molar-refractivity contribution in [2.24, 2.45) is 0 Å². The van der Waals surface area contributed by atoms with Gasteiger partial charge in [0, 0.05) is 43.7 Å². The van der Waals surface area contributed by atoms with Crippen molar-refractivity contribution in [3.63, 3.8) is 0 Å². The molecule has 1 aliphatic rings. The number of thioether (sulfide) groups is 1. The first kappa shape index (κ1) is 23.9. The maximum Gasteiger partial charge on any atom is 0.409 e. The summed E-state index contributed by atoms with van der Waals surface area (Å²) in [5, 5.41) is 0. The van der Waals surface area contributed by atoms with Gasteiger partial charge in [-0.05, 0) is 61.7 Å². The third-order valence-corrected chi connectivity index (χ3v) is 7.83. The molecule has 0 saturated carbocycles. The summed E-state index contributed by atoms with van der Waals surface area (Å²) in [4.78, 5) is 29.1. The topological polar surface area (TPSA) is 87.2 Å². The number of carbonyl (C=O) groups is 2. The lowest BCUT2D eigenvalue weighted by atomic mass is 10.1. The Morgan fingerprint density at radius 1 is 0.969 bits per heavy atom. The molecule has 0 N–H and O–H groups in total. The summed E-state index contributed by atoms with van der Waals surface area (Å²) in [6.45, 7) is 3.74. The normalized spacial score (nSPS) is 14.2. The molecule has 1 saturated heterocycles. The van der Waals surface area contributed by atoms with Gasteiger partial charge < -0.3 is 14.5 Å². The zero-order valence-electron chi connectivity index (χ0n) is 18.4. The molecular weight excluding hydrogens is 450 g/mol. The molecule has 10 heteroatoms. The van der Waals surface area contributed by atoms with Crippen LogP contribution < -0.4 is 4.31 Å². The number of ether oxygens (including phenoxy) is 1. The molecule has 1 fully saturated rings. The Morgan fingerprint density at radius 3 is 2.06 bits per heavy atom. The smallest absolute Gasteiger partial charge is 0.409 e.